The Bertz CT molecular complexity index is 589. The summed E-state index contributed by atoms with van der Waals surface area (Å²) in [4.78, 5) is 0.684. The van der Waals surface area contributed by atoms with Crippen molar-refractivity contribution in [3.63, 3.8) is 0 Å². The molecular weight excluding hydrogens is 285 g/mol. The summed E-state index contributed by atoms with van der Waals surface area (Å²) < 4.78 is 39.4. The molecule has 0 bridgehead atoms. The summed E-state index contributed by atoms with van der Waals surface area (Å²) in [6.45, 7) is 0. The molecule has 0 spiro atoms. The summed E-state index contributed by atoms with van der Waals surface area (Å²) in [7, 11) is 0. The maximum absolute atomic E-state index is 13.4. The van der Waals surface area contributed by atoms with E-state index in [4.69, 9.17) is 0 Å². The van der Waals surface area contributed by atoms with Crippen LogP contribution in [0.15, 0.2) is 47.4 Å². The molecule has 106 valence electrons. The lowest BCUT2D eigenvalue weighted by Crippen LogP contribution is -2.14. The molecule has 0 aliphatic carbocycles. The number of rotatable bonds is 5. The fourth-order valence-electron chi connectivity index (χ4n) is 1.77. The molecule has 0 fully saturated rings. The molecule has 1 N–H and O–H groups in total. The standard InChI is InChI=1S/C15H13F3OS/c16-11-4-2-5-13(8-11)20-9-12(19)7-10-3-1-6-14(17)15(10)18/h1-6,8,12,19H,7,9H2. The van der Waals surface area contributed by atoms with Crippen LogP contribution in [0.25, 0.3) is 0 Å². The number of hydrogen-bond donors (Lipinski definition) is 1. The summed E-state index contributed by atoms with van der Waals surface area (Å²) in [5, 5.41) is 9.84. The molecular formula is C15H13F3OS. The Labute approximate surface area is 119 Å². The minimum Gasteiger partial charge on any atom is -0.392 e. The van der Waals surface area contributed by atoms with Gasteiger partial charge in [-0.15, -0.1) is 11.8 Å². The average Bonchev–Trinajstić information content (AvgIpc) is 2.42. The molecule has 0 radical (unpaired) electrons. The van der Waals surface area contributed by atoms with Gasteiger partial charge in [0.25, 0.3) is 0 Å². The highest BCUT2D eigenvalue weighted by Crippen LogP contribution is 2.21. The van der Waals surface area contributed by atoms with Crippen LogP contribution in [-0.2, 0) is 6.42 Å². The van der Waals surface area contributed by atoms with Gasteiger partial charge < -0.3 is 5.11 Å². The molecule has 1 nitrogen and oxygen atoms in total. The Hall–Kier alpha value is -1.46. The van der Waals surface area contributed by atoms with Crippen molar-refractivity contribution in [3.05, 3.63) is 65.5 Å². The third kappa shape index (κ3) is 4.02. The van der Waals surface area contributed by atoms with Crippen LogP contribution in [0, 0.1) is 17.5 Å². The van der Waals surface area contributed by atoms with Crippen molar-refractivity contribution in [2.75, 3.05) is 5.75 Å². The summed E-state index contributed by atoms with van der Waals surface area (Å²) in [6, 6.07) is 9.88. The van der Waals surface area contributed by atoms with Crippen LogP contribution in [0.3, 0.4) is 0 Å². The van der Waals surface area contributed by atoms with Crippen molar-refractivity contribution in [2.45, 2.75) is 17.4 Å². The van der Waals surface area contributed by atoms with Crippen molar-refractivity contribution in [3.8, 4) is 0 Å². The highest BCUT2D eigenvalue weighted by atomic mass is 32.2. The van der Waals surface area contributed by atoms with Gasteiger partial charge in [-0.1, -0.05) is 18.2 Å². The van der Waals surface area contributed by atoms with E-state index in [2.05, 4.69) is 0 Å². The number of aliphatic hydroxyl groups is 1. The van der Waals surface area contributed by atoms with Gasteiger partial charge in [-0.2, -0.15) is 0 Å². The minimum absolute atomic E-state index is 0.0198. The number of halogens is 3. The van der Waals surface area contributed by atoms with Crippen LogP contribution in [0.5, 0.6) is 0 Å². The third-order valence-electron chi connectivity index (χ3n) is 2.73. The molecule has 0 aliphatic rings. The maximum atomic E-state index is 13.4. The van der Waals surface area contributed by atoms with Crippen LogP contribution >= 0.6 is 11.8 Å². The van der Waals surface area contributed by atoms with Crippen LogP contribution in [-0.4, -0.2) is 17.0 Å². The second-order valence-corrected chi connectivity index (χ2v) is 5.43. The first kappa shape index (κ1) is 14.9. The molecule has 0 saturated carbocycles. The average molecular weight is 298 g/mol. The van der Waals surface area contributed by atoms with Gasteiger partial charge in [-0.3, -0.25) is 0 Å². The normalized spacial score (nSPS) is 12.4. The molecule has 0 heterocycles. The highest BCUT2D eigenvalue weighted by molar-refractivity contribution is 7.99. The SMILES string of the molecule is OC(CSc1cccc(F)c1)Cc1cccc(F)c1F. The second kappa shape index (κ2) is 6.81. The molecule has 2 rings (SSSR count). The predicted octanol–water partition coefficient (Wildman–Crippen LogP) is 3.80. The number of thioether (sulfide) groups is 1. The molecule has 20 heavy (non-hydrogen) atoms. The van der Waals surface area contributed by atoms with E-state index in [0.29, 0.717) is 4.90 Å². The van der Waals surface area contributed by atoms with Crippen LogP contribution in [0.2, 0.25) is 0 Å². The molecule has 1 atom stereocenters. The molecule has 2 aromatic carbocycles. The van der Waals surface area contributed by atoms with Crippen LogP contribution in [0.4, 0.5) is 13.2 Å². The zero-order valence-corrected chi connectivity index (χ0v) is 11.3. The van der Waals surface area contributed by atoms with Gasteiger partial charge in [0.15, 0.2) is 11.6 Å². The molecule has 2 aromatic rings. The highest BCUT2D eigenvalue weighted by Gasteiger charge is 2.13. The quantitative estimate of drug-likeness (QED) is 0.847. The minimum atomic E-state index is -0.928. The Morgan fingerprint density at radius 2 is 1.80 bits per heavy atom. The summed E-state index contributed by atoms with van der Waals surface area (Å²) in [5.74, 6) is -1.92. The topological polar surface area (TPSA) is 20.2 Å². The summed E-state index contributed by atoms with van der Waals surface area (Å²) >= 11 is 1.27. The van der Waals surface area contributed by atoms with Gasteiger partial charge in [0.1, 0.15) is 5.82 Å². The van der Waals surface area contributed by atoms with E-state index in [1.807, 2.05) is 0 Å². The Morgan fingerprint density at radius 1 is 1.05 bits per heavy atom. The van der Waals surface area contributed by atoms with Crippen LogP contribution < -0.4 is 0 Å². The predicted molar refractivity (Wildman–Crippen MR) is 73.2 cm³/mol. The van der Waals surface area contributed by atoms with Crippen molar-refractivity contribution in [1.82, 2.24) is 0 Å². The second-order valence-electron chi connectivity index (χ2n) is 4.34. The lowest BCUT2D eigenvalue weighted by atomic mass is 10.1. The first-order chi connectivity index (χ1) is 9.56. The number of benzene rings is 2. The summed E-state index contributed by atoms with van der Waals surface area (Å²) in [6.07, 6.45) is -0.814. The lowest BCUT2D eigenvalue weighted by Gasteiger charge is -2.11. The van der Waals surface area contributed by atoms with Crippen LogP contribution in [0.1, 0.15) is 5.56 Å². The van der Waals surface area contributed by atoms with Crippen molar-refractivity contribution in [1.29, 1.82) is 0 Å². The molecule has 0 saturated heterocycles. The third-order valence-corrected chi connectivity index (χ3v) is 3.86. The first-order valence-electron chi connectivity index (χ1n) is 6.05. The van der Waals surface area contributed by atoms with Crippen molar-refractivity contribution in [2.24, 2.45) is 0 Å². The van der Waals surface area contributed by atoms with Gasteiger partial charge >= 0.3 is 0 Å². The van der Waals surface area contributed by atoms with E-state index >= 15 is 0 Å². The van der Waals surface area contributed by atoms with E-state index in [0.717, 1.165) is 6.07 Å². The summed E-state index contributed by atoms with van der Waals surface area (Å²) in [5.41, 5.74) is 0.136. The fourth-order valence-corrected chi connectivity index (χ4v) is 2.64. The molecule has 0 aromatic heterocycles. The maximum Gasteiger partial charge on any atom is 0.162 e. The Balaban J connectivity index is 1.92. The number of hydrogen-bond acceptors (Lipinski definition) is 2. The number of aliphatic hydroxyl groups excluding tert-OH is 1. The monoisotopic (exact) mass is 298 g/mol. The van der Waals surface area contributed by atoms with E-state index in [1.165, 1.54) is 36.0 Å². The van der Waals surface area contributed by atoms with E-state index in [9.17, 15) is 18.3 Å². The molecule has 5 heteroatoms. The molecule has 0 amide bonds. The van der Waals surface area contributed by atoms with Crippen molar-refractivity contribution >= 4 is 11.8 Å². The smallest absolute Gasteiger partial charge is 0.162 e. The Morgan fingerprint density at radius 3 is 2.55 bits per heavy atom. The zero-order chi connectivity index (χ0) is 14.5. The van der Waals surface area contributed by atoms with E-state index in [-0.39, 0.29) is 23.6 Å². The van der Waals surface area contributed by atoms with Crippen molar-refractivity contribution < 1.29 is 18.3 Å². The first-order valence-corrected chi connectivity index (χ1v) is 7.04. The van der Waals surface area contributed by atoms with Gasteiger partial charge in [0, 0.05) is 17.1 Å². The van der Waals surface area contributed by atoms with Gasteiger partial charge in [0.05, 0.1) is 6.10 Å². The zero-order valence-electron chi connectivity index (χ0n) is 10.5. The van der Waals surface area contributed by atoms with Gasteiger partial charge in [-0.25, -0.2) is 13.2 Å². The lowest BCUT2D eigenvalue weighted by molar-refractivity contribution is 0.198. The largest absolute Gasteiger partial charge is 0.392 e. The molecule has 0 aliphatic heterocycles. The molecule has 1 unspecified atom stereocenters. The van der Waals surface area contributed by atoms with E-state index in [1.54, 1.807) is 12.1 Å². The van der Waals surface area contributed by atoms with Gasteiger partial charge in [-0.05, 0) is 29.8 Å². The fraction of sp³-hybridized carbons (Fsp3) is 0.200. The van der Waals surface area contributed by atoms with E-state index < -0.39 is 17.7 Å². The van der Waals surface area contributed by atoms with Gasteiger partial charge in [0.2, 0.25) is 0 Å². The Kier molecular flexibility index (Phi) is 5.09.